The van der Waals surface area contributed by atoms with Gasteiger partial charge in [0, 0.05) is 31.1 Å². The molecular weight excluding hydrogens is 392 g/mol. The van der Waals surface area contributed by atoms with Crippen LogP contribution in [0.3, 0.4) is 0 Å². The van der Waals surface area contributed by atoms with Crippen molar-refractivity contribution >= 4 is 17.7 Å². The van der Waals surface area contributed by atoms with Crippen molar-refractivity contribution in [1.29, 1.82) is 0 Å². The molecule has 1 amide bonds. The molecule has 160 valence electrons. The van der Waals surface area contributed by atoms with Gasteiger partial charge in [0.1, 0.15) is 0 Å². The third-order valence-electron chi connectivity index (χ3n) is 6.18. The number of hydrogen-bond acceptors (Lipinski definition) is 4. The minimum absolute atomic E-state index is 0.241. The van der Waals surface area contributed by atoms with Crippen LogP contribution in [0.1, 0.15) is 29.0 Å². The maximum Gasteiger partial charge on any atom is 0.233 e. The highest BCUT2D eigenvalue weighted by molar-refractivity contribution is 8.00. The monoisotopic (exact) mass is 424 g/mol. The summed E-state index contributed by atoms with van der Waals surface area (Å²) in [5.41, 5.74) is 3.92. The highest BCUT2D eigenvalue weighted by Crippen LogP contribution is 2.47. The van der Waals surface area contributed by atoms with E-state index in [2.05, 4.69) is 67.3 Å². The van der Waals surface area contributed by atoms with Crippen LogP contribution in [0.4, 0.5) is 0 Å². The lowest BCUT2D eigenvalue weighted by Gasteiger charge is -2.34. The molecule has 1 saturated heterocycles. The summed E-state index contributed by atoms with van der Waals surface area (Å²) in [6.45, 7) is 9.10. The summed E-state index contributed by atoms with van der Waals surface area (Å²) in [7, 11) is 0. The minimum atomic E-state index is 0.241. The summed E-state index contributed by atoms with van der Waals surface area (Å²) in [5, 5.41) is 0. The molecule has 4 rings (SSSR count). The van der Waals surface area contributed by atoms with Crippen molar-refractivity contribution in [3.8, 4) is 0 Å². The van der Waals surface area contributed by atoms with E-state index in [1.165, 1.54) is 28.0 Å². The maximum atomic E-state index is 12.6. The van der Waals surface area contributed by atoms with Crippen molar-refractivity contribution in [3.63, 3.8) is 0 Å². The van der Waals surface area contributed by atoms with Crippen molar-refractivity contribution < 1.29 is 9.53 Å². The lowest BCUT2D eigenvalue weighted by atomic mass is 10.1. The highest BCUT2D eigenvalue weighted by Gasteiger charge is 2.38. The van der Waals surface area contributed by atoms with Crippen LogP contribution in [0.15, 0.2) is 53.4 Å². The number of carbonyl (C=O) groups is 1. The molecule has 2 aromatic carbocycles. The topological polar surface area (TPSA) is 32.8 Å². The van der Waals surface area contributed by atoms with E-state index in [0.717, 1.165) is 32.8 Å². The van der Waals surface area contributed by atoms with Crippen molar-refractivity contribution in [1.82, 2.24) is 9.80 Å². The number of carbonyl (C=O) groups excluding carboxylic acids is 1. The number of aryl methyl sites for hydroxylation is 2. The Bertz CT molecular complexity index is 849. The van der Waals surface area contributed by atoms with Crippen molar-refractivity contribution in [2.45, 2.75) is 31.1 Å². The van der Waals surface area contributed by atoms with Crippen LogP contribution < -0.4 is 0 Å². The van der Waals surface area contributed by atoms with Gasteiger partial charge in [-0.1, -0.05) is 48.0 Å². The quantitative estimate of drug-likeness (QED) is 0.591. The summed E-state index contributed by atoms with van der Waals surface area (Å²) in [6.07, 6.45) is 1.24. The molecule has 0 aromatic heterocycles. The summed E-state index contributed by atoms with van der Waals surface area (Å²) in [6, 6.07) is 17.2. The molecule has 1 saturated carbocycles. The number of amides is 1. The normalized spacial score (nSPS) is 21.6. The SMILES string of the molecule is Cc1ccc(C)c(SCC(=O)N2CCN(COC[C@@H]3C[C@H]3c3ccccc3)CC2)c1. The van der Waals surface area contributed by atoms with Gasteiger partial charge < -0.3 is 9.64 Å². The van der Waals surface area contributed by atoms with Gasteiger partial charge in [-0.3, -0.25) is 9.69 Å². The Labute approximate surface area is 184 Å². The number of thioether (sulfide) groups is 1. The van der Waals surface area contributed by atoms with E-state index in [9.17, 15) is 4.79 Å². The van der Waals surface area contributed by atoms with E-state index < -0.39 is 0 Å². The van der Waals surface area contributed by atoms with Gasteiger partial charge in [-0.15, -0.1) is 11.8 Å². The maximum absolute atomic E-state index is 12.6. The molecule has 1 heterocycles. The molecular formula is C25H32N2O2S. The van der Waals surface area contributed by atoms with E-state index in [1.54, 1.807) is 11.8 Å². The van der Waals surface area contributed by atoms with Crippen molar-refractivity contribution in [2.75, 3.05) is 45.3 Å². The van der Waals surface area contributed by atoms with Gasteiger partial charge in [0.15, 0.2) is 0 Å². The Morgan fingerprint density at radius 2 is 1.83 bits per heavy atom. The largest absolute Gasteiger partial charge is 0.366 e. The molecule has 1 aliphatic carbocycles. The third-order valence-corrected chi connectivity index (χ3v) is 7.32. The number of piperazine rings is 1. The van der Waals surface area contributed by atoms with Crippen LogP contribution in [0.5, 0.6) is 0 Å². The fraction of sp³-hybridized carbons (Fsp3) is 0.480. The van der Waals surface area contributed by atoms with Crippen molar-refractivity contribution in [3.05, 3.63) is 65.2 Å². The molecule has 1 aliphatic heterocycles. The average molecular weight is 425 g/mol. The molecule has 0 N–H and O–H groups in total. The van der Waals surface area contributed by atoms with Gasteiger partial charge in [0.2, 0.25) is 5.91 Å². The van der Waals surface area contributed by atoms with Crippen LogP contribution >= 0.6 is 11.8 Å². The molecule has 2 atom stereocenters. The van der Waals surface area contributed by atoms with E-state index >= 15 is 0 Å². The van der Waals surface area contributed by atoms with Crippen LogP contribution in [-0.2, 0) is 9.53 Å². The number of rotatable bonds is 8. The zero-order valence-corrected chi connectivity index (χ0v) is 18.9. The Hall–Kier alpha value is -1.82. The van der Waals surface area contributed by atoms with Gasteiger partial charge in [-0.25, -0.2) is 0 Å². The first-order valence-corrected chi connectivity index (χ1v) is 11.9. The fourth-order valence-electron chi connectivity index (χ4n) is 4.09. The van der Waals surface area contributed by atoms with Crippen LogP contribution in [0.2, 0.25) is 0 Å². The second kappa shape index (κ2) is 9.99. The first-order valence-electron chi connectivity index (χ1n) is 10.9. The molecule has 0 unspecified atom stereocenters. The van der Waals surface area contributed by atoms with Crippen molar-refractivity contribution in [2.24, 2.45) is 5.92 Å². The Morgan fingerprint density at radius 3 is 2.60 bits per heavy atom. The zero-order valence-electron chi connectivity index (χ0n) is 18.0. The molecule has 30 heavy (non-hydrogen) atoms. The molecule has 2 aliphatic rings. The smallest absolute Gasteiger partial charge is 0.233 e. The Kier molecular flexibility index (Phi) is 7.13. The second-order valence-electron chi connectivity index (χ2n) is 8.57. The van der Waals surface area contributed by atoms with E-state index in [1.807, 2.05) is 4.90 Å². The van der Waals surface area contributed by atoms with Crippen LogP contribution in [-0.4, -0.2) is 61.0 Å². The van der Waals surface area contributed by atoms with Gasteiger partial charge >= 0.3 is 0 Å². The molecule has 2 fully saturated rings. The molecule has 2 aromatic rings. The Balaban J connectivity index is 1.12. The lowest BCUT2D eigenvalue weighted by Crippen LogP contribution is -2.49. The van der Waals surface area contributed by atoms with Gasteiger partial charge in [-0.05, 0) is 49.3 Å². The van der Waals surface area contributed by atoms with Crippen LogP contribution in [0, 0.1) is 19.8 Å². The summed E-state index contributed by atoms with van der Waals surface area (Å²) in [4.78, 5) is 18.1. The van der Waals surface area contributed by atoms with Gasteiger partial charge in [-0.2, -0.15) is 0 Å². The molecule has 4 nitrogen and oxygen atoms in total. The summed E-state index contributed by atoms with van der Waals surface area (Å²) in [5.74, 6) is 2.10. The lowest BCUT2D eigenvalue weighted by molar-refractivity contribution is -0.131. The predicted octanol–water partition coefficient (Wildman–Crippen LogP) is 4.32. The average Bonchev–Trinajstić information content (AvgIpc) is 3.55. The summed E-state index contributed by atoms with van der Waals surface area (Å²) < 4.78 is 5.99. The van der Waals surface area contributed by atoms with E-state index in [4.69, 9.17) is 4.74 Å². The zero-order chi connectivity index (χ0) is 20.9. The number of hydrogen-bond donors (Lipinski definition) is 0. The standard InChI is InChI=1S/C25H32N2O2S/c1-19-8-9-20(2)24(14-19)30-17-25(28)27-12-10-26(11-13-27)18-29-16-22-15-23(22)21-6-4-3-5-7-21/h3-9,14,22-23H,10-13,15-18H2,1-2H3/t22-,23-/m0/s1. The van der Waals surface area contributed by atoms with E-state index in [0.29, 0.717) is 24.3 Å². The number of benzene rings is 2. The molecule has 0 radical (unpaired) electrons. The molecule has 0 bridgehead atoms. The first-order chi connectivity index (χ1) is 14.6. The number of ether oxygens (including phenoxy) is 1. The summed E-state index contributed by atoms with van der Waals surface area (Å²) >= 11 is 1.66. The molecule has 5 heteroatoms. The fourth-order valence-corrected chi connectivity index (χ4v) is 5.12. The van der Waals surface area contributed by atoms with Gasteiger partial charge in [0.05, 0.1) is 19.1 Å². The van der Waals surface area contributed by atoms with Crippen LogP contribution in [0.25, 0.3) is 0 Å². The number of nitrogens with zero attached hydrogens (tertiary/aromatic N) is 2. The second-order valence-corrected chi connectivity index (χ2v) is 9.59. The van der Waals surface area contributed by atoms with Gasteiger partial charge in [0.25, 0.3) is 0 Å². The third kappa shape index (κ3) is 5.65. The predicted molar refractivity (Wildman–Crippen MR) is 123 cm³/mol. The first kappa shape index (κ1) is 21.4. The minimum Gasteiger partial charge on any atom is -0.366 e. The highest BCUT2D eigenvalue weighted by atomic mass is 32.2. The Morgan fingerprint density at radius 1 is 1.07 bits per heavy atom. The molecule has 0 spiro atoms. The van der Waals surface area contributed by atoms with E-state index in [-0.39, 0.29) is 5.91 Å².